The quantitative estimate of drug-likeness (QED) is 0.884. The predicted molar refractivity (Wildman–Crippen MR) is 75.4 cm³/mol. The molecule has 2 rings (SSSR count). The molecule has 5 nitrogen and oxygen atoms in total. The molecule has 0 bridgehead atoms. The zero-order valence-electron chi connectivity index (χ0n) is 11.2. The van der Waals surface area contributed by atoms with Gasteiger partial charge in [-0.15, -0.1) is 10.2 Å². The van der Waals surface area contributed by atoms with Gasteiger partial charge in [-0.05, 0) is 43.2 Å². The van der Waals surface area contributed by atoms with Crippen molar-refractivity contribution in [2.45, 2.75) is 13.8 Å². The smallest absolute Gasteiger partial charge is 0.276 e. The molecular weight excluding hydrogens is 240 g/mol. The van der Waals surface area contributed by atoms with Crippen molar-refractivity contribution in [2.24, 2.45) is 0 Å². The molecule has 0 atom stereocenters. The predicted octanol–water partition coefficient (Wildman–Crippen LogP) is 2.39. The molecule has 2 N–H and O–H groups in total. The van der Waals surface area contributed by atoms with Crippen molar-refractivity contribution < 1.29 is 4.79 Å². The summed E-state index contributed by atoms with van der Waals surface area (Å²) in [6.07, 6.45) is 0. The molecule has 1 aromatic carbocycles. The molecule has 1 aromatic heterocycles. The van der Waals surface area contributed by atoms with Crippen molar-refractivity contribution in [3.05, 3.63) is 47.2 Å². The van der Waals surface area contributed by atoms with Crippen LogP contribution in [-0.4, -0.2) is 23.2 Å². The minimum Gasteiger partial charge on any atom is -0.372 e. The van der Waals surface area contributed by atoms with Crippen LogP contribution in [0.4, 0.5) is 11.5 Å². The summed E-state index contributed by atoms with van der Waals surface area (Å²) < 4.78 is 0. The third kappa shape index (κ3) is 2.88. The first-order chi connectivity index (χ1) is 9.11. The molecule has 0 aliphatic carbocycles. The van der Waals surface area contributed by atoms with E-state index in [1.165, 1.54) is 0 Å². The topological polar surface area (TPSA) is 66.9 Å². The number of amides is 1. The van der Waals surface area contributed by atoms with Crippen LogP contribution in [-0.2, 0) is 0 Å². The fourth-order valence-electron chi connectivity index (χ4n) is 1.66. The van der Waals surface area contributed by atoms with E-state index in [2.05, 4.69) is 20.8 Å². The number of benzene rings is 1. The molecule has 0 spiro atoms. The maximum absolute atomic E-state index is 12.0. The molecule has 1 heterocycles. The highest BCUT2D eigenvalue weighted by Gasteiger charge is 2.10. The van der Waals surface area contributed by atoms with Gasteiger partial charge in [-0.1, -0.05) is 12.1 Å². The van der Waals surface area contributed by atoms with E-state index in [1.54, 1.807) is 19.2 Å². The van der Waals surface area contributed by atoms with E-state index in [0.29, 0.717) is 11.5 Å². The van der Waals surface area contributed by atoms with Crippen molar-refractivity contribution >= 4 is 17.4 Å². The Morgan fingerprint density at radius 2 is 1.89 bits per heavy atom. The largest absolute Gasteiger partial charge is 0.372 e. The minimum atomic E-state index is -0.260. The van der Waals surface area contributed by atoms with E-state index in [9.17, 15) is 4.79 Å². The van der Waals surface area contributed by atoms with Crippen molar-refractivity contribution in [1.29, 1.82) is 0 Å². The first-order valence-electron chi connectivity index (χ1n) is 6.01. The van der Waals surface area contributed by atoms with Crippen LogP contribution >= 0.6 is 0 Å². The van der Waals surface area contributed by atoms with Gasteiger partial charge in [-0.2, -0.15) is 0 Å². The number of carbonyl (C=O) groups excluding carboxylic acids is 1. The summed E-state index contributed by atoms with van der Waals surface area (Å²) >= 11 is 0. The van der Waals surface area contributed by atoms with Crippen LogP contribution in [0.3, 0.4) is 0 Å². The fourth-order valence-corrected chi connectivity index (χ4v) is 1.66. The molecule has 0 aliphatic rings. The van der Waals surface area contributed by atoms with Crippen LogP contribution in [0.25, 0.3) is 0 Å². The van der Waals surface area contributed by atoms with Gasteiger partial charge in [-0.3, -0.25) is 4.79 Å². The summed E-state index contributed by atoms with van der Waals surface area (Å²) in [5.41, 5.74) is 3.27. The van der Waals surface area contributed by atoms with Gasteiger partial charge in [0.25, 0.3) is 5.91 Å². The number of rotatable bonds is 3. The highest BCUT2D eigenvalue weighted by molar-refractivity contribution is 6.03. The number of hydrogen-bond donors (Lipinski definition) is 2. The van der Waals surface area contributed by atoms with Gasteiger partial charge in [0.1, 0.15) is 5.82 Å². The summed E-state index contributed by atoms with van der Waals surface area (Å²) in [5, 5.41) is 13.4. The highest BCUT2D eigenvalue weighted by atomic mass is 16.1. The fraction of sp³-hybridized carbons (Fsp3) is 0.214. The molecule has 0 saturated heterocycles. The van der Waals surface area contributed by atoms with Crippen molar-refractivity contribution in [2.75, 3.05) is 17.7 Å². The van der Waals surface area contributed by atoms with Gasteiger partial charge in [0.15, 0.2) is 5.69 Å². The van der Waals surface area contributed by atoms with E-state index in [4.69, 9.17) is 0 Å². The Morgan fingerprint density at radius 1 is 1.11 bits per heavy atom. The van der Waals surface area contributed by atoms with E-state index < -0.39 is 0 Å². The molecule has 19 heavy (non-hydrogen) atoms. The Balaban J connectivity index is 2.18. The highest BCUT2D eigenvalue weighted by Crippen LogP contribution is 2.18. The average Bonchev–Trinajstić information content (AvgIpc) is 2.44. The second-order valence-electron chi connectivity index (χ2n) is 4.26. The Bertz CT molecular complexity index is 593. The molecule has 2 aromatic rings. The third-order valence-corrected chi connectivity index (χ3v) is 3.01. The van der Waals surface area contributed by atoms with Gasteiger partial charge in [-0.25, -0.2) is 0 Å². The Hall–Kier alpha value is -2.43. The number of aryl methyl sites for hydroxylation is 1. The van der Waals surface area contributed by atoms with Crippen LogP contribution in [0.5, 0.6) is 0 Å². The van der Waals surface area contributed by atoms with Crippen molar-refractivity contribution in [1.82, 2.24) is 10.2 Å². The third-order valence-electron chi connectivity index (χ3n) is 3.01. The van der Waals surface area contributed by atoms with Crippen LogP contribution in [0, 0.1) is 13.8 Å². The number of anilines is 2. The lowest BCUT2D eigenvalue weighted by atomic mass is 10.1. The number of carbonyl (C=O) groups is 1. The second-order valence-corrected chi connectivity index (χ2v) is 4.26. The normalized spacial score (nSPS) is 10.1. The lowest BCUT2D eigenvalue weighted by molar-refractivity contribution is 0.102. The minimum absolute atomic E-state index is 0.260. The summed E-state index contributed by atoms with van der Waals surface area (Å²) in [7, 11) is 1.75. The summed E-state index contributed by atoms with van der Waals surface area (Å²) in [4.78, 5) is 12.0. The average molecular weight is 256 g/mol. The Morgan fingerprint density at radius 3 is 2.53 bits per heavy atom. The zero-order valence-corrected chi connectivity index (χ0v) is 11.2. The zero-order chi connectivity index (χ0) is 13.8. The lowest BCUT2D eigenvalue weighted by Gasteiger charge is -2.09. The van der Waals surface area contributed by atoms with Crippen LogP contribution in [0.15, 0.2) is 30.3 Å². The van der Waals surface area contributed by atoms with Gasteiger partial charge >= 0.3 is 0 Å². The molecule has 5 heteroatoms. The van der Waals surface area contributed by atoms with Crippen LogP contribution in [0.1, 0.15) is 21.6 Å². The Kier molecular flexibility index (Phi) is 3.75. The summed E-state index contributed by atoms with van der Waals surface area (Å²) in [6, 6.07) is 9.14. The molecule has 0 saturated carbocycles. The first-order valence-corrected chi connectivity index (χ1v) is 6.01. The summed E-state index contributed by atoms with van der Waals surface area (Å²) in [5.74, 6) is 0.368. The van der Waals surface area contributed by atoms with E-state index in [-0.39, 0.29) is 5.91 Å². The van der Waals surface area contributed by atoms with Crippen molar-refractivity contribution in [3.63, 3.8) is 0 Å². The number of nitrogens with zero attached hydrogens (tertiary/aromatic N) is 2. The van der Waals surface area contributed by atoms with E-state index >= 15 is 0 Å². The maximum Gasteiger partial charge on any atom is 0.276 e. The second kappa shape index (κ2) is 5.48. The van der Waals surface area contributed by atoms with Crippen LogP contribution < -0.4 is 10.6 Å². The summed E-state index contributed by atoms with van der Waals surface area (Å²) in [6.45, 7) is 3.98. The number of hydrogen-bond acceptors (Lipinski definition) is 4. The van der Waals surface area contributed by atoms with Crippen molar-refractivity contribution in [3.8, 4) is 0 Å². The van der Waals surface area contributed by atoms with Gasteiger partial charge in [0.2, 0.25) is 0 Å². The lowest BCUT2D eigenvalue weighted by Crippen LogP contribution is -2.15. The SMILES string of the molecule is CNc1ccc(C(=O)Nc2cccc(C)c2C)nn1. The maximum atomic E-state index is 12.0. The molecule has 0 unspecified atom stereocenters. The molecule has 1 amide bonds. The van der Waals surface area contributed by atoms with Gasteiger partial charge in [0, 0.05) is 12.7 Å². The Labute approximate surface area is 112 Å². The van der Waals surface area contributed by atoms with Crippen LogP contribution in [0.2, 0.25) is 0 Å². The molecule has 0 radical (unpaired) electrons. The molecule has 98 valence electrons. The van der Waals surface area contributed by atoms with Gasteiger partial charge in [0.05, 0.1) is 0 Å². The molecule has 0 fully saturated rings. The van der Waals surface area contributed by atoms with E-state index in [0.717, 1.165) is 16.8 Å². The molecule has 0 aliphatic heterocycles. The van der Waals surface area contributed by atoms with Gasteiger partial charge < -0.3 is 10.6 Å². The number of nitrogens with one attached hydrogen (secondary N) is 2. The first kappa shape index (κ1) is 13.0. The number of aromatic nitrogens is 2. The standard InChI is InChI=1S/C14H16N4O/c1-9-5-4-6-11(10(9)2)16-14(19)12-7-8-13(15-3)18-17-12/h4-8H,1-3H3,(H,15,18)(H,16,19). The molecular formula is C14H16N4O. The van der Waals surface area contributed by atoms with E-state index in [1.807, 2.05) is 32.0 Å². The monoisotopic (exact) mass is 256 g/mol.